The smallest absolute Gasteiger partial charge is 0.244 e. The van der Waals surface area contributed by atoms with Crippen molar-refractivity contribution >= 4 is 34.1 Å². The van der Waals surface area contributed by atoms with Gasteiger partial charge in [0.15, 0.2) is 0 Å². The standard InChI is InChI=1S/C18H17ClN2O/c1-12-9-15(19)7-8-16(12)20-18(22)11-21-13(2)10-14-5-3-4-6-17(14)21/h3-10H,11H2,1-2H3,(H,20,22). The minimum atomic E-state index is -0.0464. The predicted octanol–water partition coefficient (Wildman–Crippen LogP) is 4.55. The Labute approximate surface area is 134 Å². The van der Waals surface area contributed by atoms with Crippen molar-refractivity contribution in [3.63, 3.8) is 0 Å². The number of rotatable bonds is 3. The zero-order valence-electron chi connectivity index (χ0n) is 12.6. The van der Waals surface area contributed by atoms with Crippen LogP contribution in [0, 0.1) is 13.8 Å². The first-order valence-electron chi connectivity index (χ1n) is 7.15. The third kappa shape index (κ3) is 2.85. The van der Waals surface area contributed by atoms with Gasteiger partial charge in [-0.3, -0.25) is 4.79 Å². The quantitative estimate of drug-likeness (QED) is 0.756. The molecule has 0 aliphatic carbocycles. The van der Waals surface area contributed by atoms with E-state index in [1.54, 1.807) is 6.07 Å². The molecule has 0 unspecified atom stereocenters. The summed E-state index contributed by atoms with van der Waals surface area (Å²) in [6.07, 6.45) is 0. The summed E-state index contributed by atoms with van der Waals surface area (Å²) in [4.78, 5) is 12.3. The highest BCUT2D eigenvalue weighted by Crippen LogP contribution is 2.21. The third-order valence-electron chi connectivity index (χ3n) is 3.78. The van der Waals surface area contributed by atoms with Crippen molar-refractivity contribution in [1.82, 2.24) is 4.57 Å². The van der Waals surface area contributed by atoms with Gasteiger partial charge in [-0.25, -0.2) is 0 Å². The van der Waals surface area contributed by atoms with E-state index < -0.39 is 0 Å². The number of nitrogens with zero attached hydrogens (tertiary/aromatic N) is 1. The van der Waals surface area contributed by atoms with E-state index in [1.165, 1.54) is 0 Å². The maximum Gasteiger partial charge on any atom is 0.244 e. The Morgan fingerprint density at radius 1 is 1.14 bits per heavy atom. The van der Waals surface area contributed by atoms with Crippen molar-refractivity contribution in [2.75, 3.05) is 5.32 Å². The fourth-order valence-electron chi connectivity index (χ4n) is 2.66. The van der Waals surface area contributed by atoms with Crippen LogP contribution in [0.15, 0.2) is 48.5 Å². The third-order valence-corrected chi connectivity index (χ3v) is 4.02. The molecule has 1 N–H and O–H groups in total. The highest BCUT2D eigenvalue weighted by atomic mass is 35.5. The maximum absolute atomic E-state index is 12.3. The highest BCUT2D eigenvalue weighted by molar-refractivity contribution is 6.30. The second kappa shape index (κ2) is 5.85. The van der Waals surface area contributed by atoms with Crippen molar-refractivity contribution in [3.8, 4) is 0 Å². The number of fused-ring (bicyclic) bond motifs is 1. The van der Waals surface area contributed by atoms with E-state index in [9.17, 15) is 4.79 Å². The molecule has 0 radical (unpaired) electrons. The molecule has 0 fully saturated rings. The zero-order chi connectivity index (χ0) is 15.7. The summed E-state index contributed by atoms with van der Waals surface area (Å²) < 4.78 is 2.02. The monoisotopic (exact) mass is 312 g/mol. The number of hydrogen-bond acceptors (Lipinski definition) is 1. The highest BCUT2D eigenvalue weighted by Gasteiger charge is 2.10. The summed E-state index contributed by atoms with van der Waals surface area (Å²) in [7, 11) is 0. The molecular weight excluding hydrogens is 296 g/mol. The normalized spacial score (nSPS) is 10.9. The molecule has 0 aliphatic heterocycles. The average molecular weight is 313 g/mol. The predicted molar refractivity (Wildman–Crippen MR) is 91.5 cm³/mol. The Bertz CT molecular complexity index is 851. The van der Waals surface area contributed by atoms with Gasteiger partial charge in [-0.05, 0) is 55.1 Å². The summed E-state index contributed by atoms with van der Waals surface area (Å²) in [5, 5.41) is 4.77. The van der Waals surface area contributed by atoms with Crippen LogP contribution in [0.2, 0.25) is 5.02 Å². The van der Waals surface area contributed by atoms with Crippen molar-refractivity contribution in [2.24, 2.45) is 0 Å². The molecule has 0 aliphatic rings. The van der Waals surface area contributed by atoms with E-state index in [0.717, 1.165) is 27.8 Å². The molecule has 3 aromatic rings. The van der Waals surface area contributed by atoms with Gasteiger partial charge in [0.05, 0.1) is 0 Å². The lowest BCUT2D eigenvalue weighted by atomic mass is 10.2. The Kier molecular flexibility index (Phi) is 3.90. The molecule has 0 saturated carbocycles. The minimum Gasteiger partial charge on any atom is -0.335 e. The lowest BCUT2D eigenvalue weighted by Gasteiger charge is -2.11. The number of amides is 1. The van der Waals surface area contributed by atoms with Crippen LogP contribution in [0.5, 0.6) is 0 Å². The van der Waals surface area contributed by atoms with Crippen molar-refractivity contribution in [1.29, 1.82) is 0 Å². The molecule has 2 aromatic carbocycles. The average Bonchev–Trinajstić information content (AvgIpc) is 2.78. The van der Waals surface area contributed by atoms with E-state index >= 15 is 0 Å². The van der Waals surface area contributed by atoms with Crippen molar-refractivity contribution < 1.29 is 4.79 Å². The molecule has 0 bridgehead atoms. The first-order chi connectivity index (χ1) is 10.5. The van der Waals surface area contributed by atoms with Crippen LogP contribution in [0.25, 0.3) is 10.9 Å². The summed E-state index contributed by atoms with van der Waals surface area (Å²) in [6.45, 7) is 4.24. The SMILES string of the molecule is Cc1cc(Cl)ccc1NC(=O)Cn1c(C)cc2ccccc21. The topological polar surface area (TPSA) is 34.0 Å². The minimum absolute atomic E-state index is 0.0464. The summed E-state index contributed by atoms with van der Waals surface area (Å²) in [5.41, 5.74) is 3.89. The number of nitrogens with one attached hydrogen (secondary N) is 1. The van der Waals surface area contributed by atoms with E-state index in [4.69, 9.17) is 11.6 Å². The maximum atomic E-state index is 12.3. The largest absolute Gasteiger partial charge is 0.335 e. The Balaban J connectivity index is 1.83. The fourth-order valence-corrected chi connectivity index (χ4v) is 2.89. The molecule has 1 heterocycles. The van der Waals surface area contributed by atoms with Crippen molar-refractivity contribution in [3.05, 3.63) is 64.8 Å². The first kappa shape index (κ1) is 14.7. The number of carbonyl (C=O) groups excluding carboxylic acids is 1. The van der Waals surface area contributed by atoms with E-state index in [-0.39, 0.29) is 5.91 Å². The van der Waals surface area contributed by atoms with Gasteiger partial charge in [0, 0.05) is 21.9 Å². The number of benzene rings is 2. The second-order valence-electron chi connectivity index (χ2n) is 5.44. The number of anilines is 1. The van der Waals surface area contributed by atoms with Crippen LogP contribution < -0.4 is 5.32 Å². The van der Waals surface area contributed by atoms with Gasteiger partial charge >= 0.3 is 0 Å². The molecule has 3 nitrogen and oxygen atoms in total. The van der Waals surface area contributed by atoms with E-state index in [2.05, 4.69) is 17.4 Å². The molecule has 0 saturated heterocycles. The number of hydrogen-bond donors (Lipinski definition) is 1. The molecular formula is C18H17ClN2O. The van der Waals surface area contributed by atoms with Gasteiger partial charge in [0.2, 0.25) is 5.91 Å². The van der Waals surface area contributed by atoms with Crippen LogP contribution in [0.3, 0.4) is 0 Å². The molecule has 1 amide bonds. The molecule has 0 spiro atoms. The molecule has 22 heavy (non-hydrogen) atoms. The number of carbonyl (C=O) groups is 1. The summed E-state index contributed by atoms with van der Waals surface area (Å²) >= 11 is 5.94. The molecule has 0 atom stereocenters. The molecule has 1 aromatic heterocycles. The number of para-hydroxylation sites is 1. The van der Waals surface area contributed by atoms with Crippen LogP contribution >= 0.6 is 11.6 Å². The van der Waals surface area contributed by atoms with E-state index in [0.29, 0.717) is 11.6 Å². The Morgan fingerprint density at radius 3 is 2.68 bits per heavy atom. The number of aryl methyl sites for hydroxylation is 2. The Hall–Kier alpha value is -2.26. The molecule has 4 heteroatoms. The number of halogens is 1. The number of aromatic nitrogens is 1. The van der Waals surface area contributed by atoms with E-state index in [1.807, 2.05) is 48.7 Å². The fraction of sp³-hybridized carbons (Fsp3) is 0.167. The Morgan fingerprint density at radius 2 is 1.91 bits per heavy atom. The lowest BCUT2D eigenvalue weighted by Crippen LogP contribution is -2.19. The lowest BCUT2D eigenvalue weighted by molar-refractivity contribution is -0.116. The second-order valence-corrected chi connectivity index (χ2v) is 5.87. The molecule has 3 rings (SSSR count). The van der Waals surface area contributed by atoms with Crippen molar-refractivity contribution in [2.45, 2.75) is 20.4 Å². The van der Waals surface area contributed by atoms with Gasteiger partial charge in [-0.15, -0.1) is 0 Å². The van der Waals surface area contributed by atoms with Gasteiger partial charge in [0.25, 0.3) is 0 Å². The van der Waals surface area contributed by atoms with Gasteiger partial charge in [0.1, 0.15) is 6.54 Å². The molecule has 112 valence electrons. The van der Waals surface area contributed by atoms with Crippen LogP contribution in [0.1, 0.15) is 11.3 Å². The summed E-state index contributed by atoms with van der Waals surface area (Å²) in [5.74, 6) is -0.0464. The summed E-state index contributed by atoms with van der Waals surface area (Å²) in [6, 6.07) is 15.6. The zero-order valence-corrected chi connectivity index (χ0v) is 13.3. The van der Waals surface area contributed by atoms with Gasteiger partial charge < -0.3 is 9.88 Å². The van der Waals surface area contributed by atoms with Gasteiger partial charge in [-0.1, -0.05) is 29.8 Å². The van der Waals surface area contributed by atoms with Crippen LogP contribution in [0.4, 0.5) is 5.69 Å². The van der Waals surface area contributed by atoms with Gasteiger partial charge in [-0.2, -0.15) is 0 Å². The first-order valence-corrected chi connectivity index (χ1v) is 7.53. The van der Waals surface area contributed by atoms with Crippen LogP contribution in [-0.4, -0.2) is 10.5 Å². The van der Waals surface area contributed by atoms with Crippen LogP contribution in [-0.2, 0) is 11.3 Å².